The van der Waals surface area contributed by atoms with E-state index in [-0.39, 0.29) is 47.5 Å². The van der Waals surface area contributed by atoms with Crippen LogP contribution in [0.3, 0.4) is 0 Å². The summed E-state index contributed by atoms with van der Waals surface area (Å²) in [4.78, 5) is 72.6. The van der Waals surface area contributed by atoms with Crippen LogP contribution in [0.25, 0.3) is 0 Å². The predicted molar refractivity (Wildman–Crippen MR) is 171 cm³/mol. The van der Waals surface area contributed by atoms with Gasteiger partial charge in [0.15, 0.2) is 0 Å². The maximum atomic E-state index is 13.0. The lowest BCUT2D eigenvalue weighted by molar-refractivity contribution is -0.130. The van der Waals surface area contributed by atoms with E-state index in [4.69, 9.17) is 0 Å². The molecule has 0 unspecified atom stereocenters. The zero-order valence-electron chi connectivity index (χ0n) is 27.7. The van der Waals surface area contributed by atoms with Crippen LogP contribution < -0.4 is 16.0 Å². The van der Waals surface area contributed by atoms with E-state index in [1.54, 1.807) is 7.05 Å². The van der Waals surface area contributed by atoms with Gasteiger partial charge in [-0.2, -0.15) is 0 Å². The summed E-state index contributed by atoms with van der Waals surface area (Å²) in [6.45, 7) is 6.26. The SMILES string of the molecule is CCC(=O)CCCCCNC(=O)[C@H](CCCC(=O)CCCCCCC(=O)NC)CC(=O)CCCCCCC(=O)NC(C)C. The van der Waals surface area contributed by atoms with Gasteiger partial charge in [0, 0.05) is 76.9 Å². The van der Waals surface area contributed by atoms with Crippen molar-refractivity contribution in [2.45, 2.75) is 162 Å². The molecule has 0 heterocycles. The van der Waals surface area contributed by atoms with Crippen molar-refractivity contribution in [3.8, 4) is 0 Å². The fourth-order valence-corrected chi connectivity index (χ4v) is 4.97. The molecule has 0 spiro atoms. The highest BCUT2D eigenvalue weighted by Gasteiger charge is 2.21. The number of ketones is 3. The van der Waals surface area contributed by atoms with E-state index < -0.39 is 5.92 Å². The van der Waals surface area contributed by atoms with Gasteiger partial charge < -0.3 is 16.0 Å². The summed E-state index contributed by atoms with van der Waals surface area (Å²) < 4.78 is 0. The van der Waals surface area contributed by atoms with Gasteiger partial charge in [0.2, 0.25) is 17.7 Å². The molecule has 0 aliphatic heterocycles. The Bertz CT molecular complexity index is 827. The van der Waals surface area contributed by atoms with Gasteiger partial charge in [-0.1, -0.05) is 39.0 Å². The molecule has 248 valence electrons. The molecular weight excluding hydrogens is 546 g/mol. The Labute approximate surface area is 260 Å². The highest BCUT2D eigenvalue weighted by Crippen LogP contribution is 2.18. The van der Waals surface area contributed by atoms with Gasteiger partial charge in [-0.25, -0.2) is 0 Å². The molecule has 0 bridgehead atoms. The third-order valence-corrected chi connectivity index (χ3v) is 7.63. The zero-order chi connectivity index (χ0) is 32.3. The van der Waals surface area contributed by atoms with E-state index in [0.29, 0.717) is 64.3 Å². The van der Waals surface area contributed by atoms with Crippen LogP contribution in [0, 0.1) is 5.92 Å². The van der Waals surface area contributed by atoms with Crippen molar-refractivity contribution in [3.05, 3.63) is 0 Å². The minimum atomic E-state index is -0.439. The molecule has 1 atom stereocenters. The summed E-state index contributed by atoms with van der Waals surface area (Å²) in [7, 11) is 1.63. The van der Waals surface area contributed by atoms with E-state index in [1.807, 2.05) is 20.8 Å². The quantitative estimate of drug-likeness (QED) is 0.0904. The van der Waals surface area contributed by atoms with Crippen LogP contribution in [-0.2, 0) is 28.8 Å². The molecule has 0 aromatic rings. The van der Waals surface area contributed by atoms with Crippen LogP contribution in [-0.4, -0.2) is 54.7 Å². The summed E-state index contributed by atoms with van der Waals surface area (Å²) in [5.74, 6) is 0.0450. The van der Waals surface area contributed by atoms with Gasteiger partial charge >= 0.3 is 0 Å². The first-order valence-electron chi connectivity index (χ1n) is 16.9. The summed E-state index contributed by atoms with van der Waals surface area (Å²) in [5.41, 5.74) is 0. The molecule has 0 rings (SSSR count). The number of hydrogen-bond donors (Lipinski definition) is 3. The van der Waals surface area contributed by atoms with Gasteiger partial charge in [0.25, 0.3) is 0 Å². The largest absolute Gasteiger partial charge is 0.359 e. The first kappa shape index (κ1) is 40.4. The molecule has 0 aromatic carbocycles. The second-order valence-electron chi connectivity index (χ2n) is 12.1. The van der Waals surface area contributed by atoms with Gasteiger partial charge in [-0.15, -0.1) is 0 Å². The Balaban J connectivity index is 4.51. The van der Waals surface area contributed by atoms with Crippen LogP contribution >= 0.6 is 0 Å². The van der Waals surface area contributed by atoms with E-state index in [0.717, 1.165) is 70.6 Å². The monoisotopic (exact) mass is 607 g/mol. The first-order chi connectivity index (χ1) is 20.6. The Hall–Kier alpha value is -2.58. The third-order valence-electron chi connectivity index (χ3n) is 7.63. The van der Waals surface area contributed by atoms with E-state index in [9.17, 15) is 28.8 Å². The predicted octanol–water partition coefficient (Wildman–Crippen LogP) is 5.91. The van der Waals surface area contributed by atoms with Gasteiger partial charge in [0.05, 0.1) is 0 Å². The lowest BCUT2D eigenvalue weighted by atomic mass is 9.92. The van der Waals surface area contributed by atoms with Gasteiger partial charge in [-0.05, 0) is 65.2 Å². The minimum absolute atomic E-state index is 0.0413. The Morgan fingerprint density at radius 3 is 1.60 bits per heavy atom. The summed E-state index contributed by atoms with van der Waals surface area (Å²) in [6.07, 6.45) is 14.0. The van der Waals surface area contributed by atoms with Crippen LogP contribution in [0.4, 0.5) is 0 Å². The fourth-order valence-electron chi connectivity index (χ4n) is 4.97. The van der Waals surface area contributed by atoms with Crippen LogP contribution in [0.15, 0.2) is 0 Å². The standard InChI is InChI=1S/C34H61N3O6/c1-5-29(38)19-13-10-16-25-36-34(43)28(18-17-22-30(39)20-11-6-8-14-23-32(41)35-4)26-31(40)21-12-7-9-15-24-33(42)37-27(2)3/h27-28H,5-26H2,1-4H3,(H,35,41)(H,36,43)(H,37,42)/t28-/m1/s1. The molecule has 3 N–H and O–H groups in total. The fraction of sp³-hybridized carbons (Fsp3) is 0.824. The molecule has 9 heteroatoms. The Kier molecular flexibility index (Phi) is 25.4. The topological polar surface area (TPSA) is 139 Å². The van der Waals surface area contributed by atoms with Crippen molar-refractivity contribution < 1.29 is 28.8 Å². The normalized spacial score (nSPS) is 11.7. The first-order valence-corrected chi connectivity index (χ1v) is 16.9. The highest BCUT2D eigenvalue weighted by molar-refractivity contribution is 5.87. The number of hydrogen-bond acceptors (Lipinski definition) is 6. The van der Waals surface area contributed by atoms with Crippen LogP contribution in [0.1, 0.15) is 156 Å². The van der Waals surface area contributed by atoms with Crippen molar-refractivity contribution >= 4 is 35.1 Å². The van der Waals surface area contributed by atoms with Crippen molar-refractivity contribution in [3.63, 3.8) is 0 Å². The van der Waals surface area contributed by atoms with Crippen LogP contribution in [0.2, 0.25) is 0 Å². The van der Waals surface area contributed by atoms with E-state index >= 15 is 0 Å². The average molecular weight is 608 g/mol. The molecule has 0 aliphatic carbocycles. The number of carbonyl (C=O) groups excluding carboxylic acids is 6. The lowest BCUT2D eigenvalue weighted by Gasteiger charge is -2.16. The number of unbranched alkanes of at least 4 members (excludes halogenated alkanes) is 8. The van der Waals surface area contributed by atoms with Crippen molar-refractivity contribution in [2.75, 3.05) is 13.6 Å². The maximum Gasteiger partial charge on any atom is 0.223 e. The Morgan fingerprint density at radius 2 is 1.05 bits per heavy atom. The molecule has 0 saturated heterocycles. The molecule has 0 fully saturated rings. The smallest absolute Gasteiger partial charge is 0.223 e. The van der Waals surface area contributed by atoms with Gasteiger partial charge in [0.1, 0.15) is 17.3 Å². The molecule has 3 amide bonds. The molecule has 9 nitrogen and oxygen atoms in total. The van der Waals surface area contributed by atoms with Crippen molar-refractivity contribution in [1.82, 2.24) is 16.0 Å². The number of amides is 3. The third kappa shape index (κ3) is 25.6. The summed E-state index contributed by atoms with van der Waals surface area (Å²) in [5, 5.41) is 8.47. The van der Waals surface area contributed by atoms with Crippen molar-refractivity contribution in [2.24, 2.45) is 5.92 Å². The lowest BCUT2D eigenvalue weighted by Crippen LogP contribution is -2.33. The second-order valence-corrected chi connectivity index (χ2v) is 12.1. The maximum absolute atomic E-state index is 13.0. The number of rotatable bonds is 29. The highest BCUT2D eigenvalue weighted by atomic mass is 16.2. The average Bonchev–Trinajstić information content (AvgIpc) is 2.96. The number of Topliss-reactive ketones (excluding diaryl/α,β-unsaturated/α-hetero) is 3. The molecule has 0 aliphatic rings. The van der Waals surface area contributed by atoms with Crippen molar-refractivity contribution in [1.29, 1.82) is 0 Å². The molecular formula is C34H61N3O6. The molecule has 43 heavy (non-hydrogen) atoms. The Morgan fingerprint density at radius 1 is 0.558 bits per heavy atom. The number of carbonyl (C=O) groups is 6. The van der Waals surface area contributed by atoms with E-state index in [1.165, 1.54) is 0 Å². The summed E-state index contributed by atoms with van der Waals surface area (Å²) >= 11 is 0. The minimum Gasteiger partial charge on any atom is -0.359 e. The summed E-state index contributed by atoms with van der Waals surface area (Å²) in [6, 6.07) is 0.141. The molecule has 0 aromatic heterocycles. The molecule has 0 saturated carbocycles. The van der Waals surface area contributed by atoms with Crippen LogP contribution in [0.5, 0.6) is 0 Å². The number of nitrogens with one attached hydrogen (secondary N) is 3. The zero-order valence-corrected chi connectivity index (χ0v) is 27.7. The van der Waals surface area contributed by atoms with Gasteiger partial charge in [-0.3, -0.25) is 28.8 Å². The second kappa shape index (κ2) is 27.0. The van der Waals surface area contributed by atoms with E-state index in [2.05, 4.69) is 16.0 Å². The molecule has 0 radical (unpaired) electrons.